The maximum Gasteiger partial charge on any atom is 0.220 e. The molecule has 1 saturated heterocycles. The molecule has 2 aromatic carbocycles. The van der Waals surface area contributed by atoms with Crippen LogP contribution in [0.4, 0.5) is 0 Å². The predicted octanol–water partition coefficient (Wildman–Crippen LogP) is 3.24. The fraction of sp³-hybridized carbons (Fsp3) is 0.333. The first-order valence-electron chi connectivity index (χ1n) is 7.71. The van der Waals surface area contributed by atoms with Gasteiger partial charge in [0.25, 0.3) is 0 Å². The van der Waals surface area contributed by atoms with Crippen LogP contribution in [0.2, 0.25) is 0 Å². The second-order valence-corrected chi connectivity index (χ2v) is 7.87. The van der Waals surface area contributed by atoms with E-state index in [1.807, 2.05) is 61.5 Å². The molecule has 2 atom stereocenters. The van der Waals surface area contributed by atoms with Crippen LogP contribution >= 0.6 is 0 Å². The Balaban J connectivity index is 1.76. The zero-order valence-electron chi connectivity index (χ0n) is 13.3. The Morgan fingerprint density at radius 2 is 1.74 bits per heavy atom. The Bertz CT molecular complexity index is 757. The van der Waals surface area contributed by atoms with Gasteiger partial charge in [-0.15, -0.1) is 0 Å². The molecule has 1 aliphatic heterocycles. The first kappa shape index (κ1) is 16.2. The molecule has 5 heteroatoms. The van der Waals surface area contributed by atoms with Crippen molar-refractivity contribution < 1.29 is 13.2 Å². The van der Waals surface area contributed by atoms with Crippen molar-refractivity contribution in [2.24, 2.45) is 0 Å². The highest BCUT2D eigenvalue weighted by molar-refractivity contribution is 7.88. The van der Waals surface area contributed by atoms with Crippen molar-refractivity contribution in [2.75, 3.05) is 6.54 Å². The molecule has 1 heterocycles. The molecule has 3 rings (SSSR count). The van der Waals surface area contributed by atoms with Gasteiger partial charge in [-0.25, -0.2) is 8.42 Å². The molecule has 23 heavy (non-hydrogen) atoms. The molecular weight excluding hydrogens is 310 g/mol. The highest BCUT2D eigenvalue weighted by Crippen LogP contribution is 2.31. The molecule has 2 unspecified atom stereocenters. The van der Waals surface area contributed by atoms with Crippen molar-refractivity contribution in [3.63, 3.8) is 0 Å². The molecule has 1 aliphatic rings. The molecule has 0 N–H and O–H groups in total. The number of benzene rings is 2. The molecule has 2 aromatic rings. The van der Waals surface area contributed by atoms with Gasteiger partial charge in [-0.1, -0.05) is 60.2 Å². The Morgan fingerprint density at radius 3 is 2.39 bits per heavy atom. The number of hydrogen-bond acceptors (Lipinski definition) is 3. The van der Waals surface area contributed by atoms with E-state index >= 15 is 0 Å². The topological polar surface area (TPSA) is 46.6 Å². The van der Waals surface area contributed by atoms with E-state index in [1.54, 1.807) is 6.92 Å². The molecule has 0 aliphatic carbocycles. The minimum absolute atomic E-state index is 0.00247. The average Bonchev–Trinajstić information content (AvgIpc) is 2.93. The molecule has 0 bridgehead atoms. The lowest BCUT2D eigenvalue weighted by molar-refractivity contribution is 0.0344. The molecule has 0 amide bonds. The van der Waals surface area contributed by atoms with Gasteiger partial charge >= 0.3 is 0 Å². The largest absolute Gasteiger partial charge is 0.353 e. The van der Waals surface area contributed by atoms with Crippen LogP contribution in [0.3, 0.4) is 0 Å². The smallest absolute Gasteiger partial charge is 0.220 e. The standard InChI is InChI=1S/C18H21NO3S/c1-14-8-10-16(11-9-14)13-23(20,21)19-12-18(22-15(19)2)17-6-4-3-5-7-17/h3-11,15,18H,12-13H2,1-2H3. The molecule has 0 aromatic heterocycles. The second kappa shape index (κ2) is 6.43. The lowest BCUT2D eigenvalue weighted by Crippen LogP contribution is -2.35. The van der Waals surface area contributed by atoms with Crippen LogP contribution in [0, 0.1) is 6.92 Å². The third-order valence-corrected chi connectivity index (χ3v) is 5.97. The zero-order chi connectivity index (χ0) is 16.4. The van der Waals surface area contributed by atoms with Gasteiger partial charge in [-0.05, 0) is 25.0 Å². The quantitative estimate of drug-likeness (QED) is 0.864. The Kier molecular flexibility index (Phi) is 4.53. The van der Waals surface area contributed by atoms with Crippen LogP contribution in [0.15, 0.2) is 54.6 Å². The van der Waals surface area contributed by atoms with E-state index in [4.69, 9.17) is 4.74 Å². The van der Waals surface area contributed by atoms with Crippen LogP contribution in [-0.4, -0.2) is 25.5 Å². The van der Waals surface area contributed by atoms with Crippen LogP contribution in [0.1, 0.15) is 29.7 Å². The van der Waals surface area contributed by atoms with E-state index in [0.717, 1.165) is 16.7 Å². The van der Waals surface area contributed by atoms with Gasteiger partial charge in [0.2, 0.25) is 10.0 Å². The van der Waals surface area contributed by atoms with Gasteiger partial charge in [0.05, 0.1) is 11.9 Å². The van der Waals surface area contributed by atoms with E-state index in [0.29, 0.717) is 6.54 Å². The van der Waals surface area contributed by atoms with Crippen molar-refractivity contribution in [3.8, 4) is 0 Å². The number of rotatable bonds is 4. The van der Waals surface area contributed by atoms with Crippen LogP contribution in [0.5, 0.6) is 0 Å². The SMILES string of the molecule is Cc1ccc(CS(=O)(=O)N2CC(c3ccccc3)OC2C)cc1. The Labute approximate surface area is 137 Å². The summed E-state index contributed by atoms with van der Waals surface area (Å²) in [6.45, 7) is 4.13. The van der Waals surface area contributed by atoms with Gasteiger partial charge in [0.15, 0.2) is 0 Å². The summed E-state index contributed by atoms with van der Waals surface area (Å²) in [5.41, 5.74) is 2.92. The summed E-state index contributed by atoms with van der Waals surface area (Å²) in [4.78, 5) is 0. The average molecular weight is 331 g/mol. The zero-order valence-corrected chi connectivity index (χ0v) is 14.2. The summed E-state index contributed by atoms with van der Waals surface area (Å²) in [6.07, 6.45) is -0.658. The van der Waals surface area contributed by atoms with E-state index in [9.17, 15) is 8.42 Å². The monoisotopic (exact) mass is 331 g/mol. The van der Waals surface area contributed by atoms with Crippen molar-refractivity contribution in [1.29, 1.82) is 0 Å². The molecular formula is C18H21NO3S. The second-order valence-electron chi connectivity index (χ2n) is 5.95. The van der Waals surface area contributed by atoms with Gasteiger partial charge in [0, 0.05) is 6.54 Å². The molecule has 0 saturated carbocycles. The third-order valence-electron chi connectivity index (χ3n) is 4.11. The minimum Gasteiger partial charge on any atom is -0.353 e. The molecule has 4 nitrogen and oxygen atoms in total. The first-order valence-corrected chi connectivity index (χ1v) is 9.32. The van der Waals surface area contributed by atoms with Crippen molar-refractivity contribution in [1.82, 2.24) is 4.31 Å². The maximum absolute atomic E-state index is 12.7. The number of hydrogen-bond donors (Lipinski definition) is 0. The van der Waals surface area contributed by atoms with E-state index in [-0.39, 0.29) is 11.9 Å². The van der Waals surface area contributed by atoms with E-state index in [1.165, 1.54) is 4.31 Å². The van der Waals surface area contributed by atoms with Gasteiger partial charge in [-0.2, -0.15) is 4.31 Å². The minimum atomic E-state index is -3.41. The van der Waals surface area contributed by atoms with Crippen LogP contribution < -0.4 is 0 Å². The van der Waals surface area contributed by atoms with Crippen molar-refractivity contribution in [3.05, 3.63) is 71.3 Å². The highest BCUT2D eigenvalue weighted by Gasteiger charge is 2.38. The summed E-state index contributed by atoms with van der Waals surface area (Å²) >= 11 is 0. The fourth-order valence-corrected chi connectivity index (χ4v) is 4.47. The van der Waals surface area contributed by atoms with Crippen molar-refractivity contribution >= 4 is 10.0 Å². The predicted molar refractivity (Wildman–Crippen MR) is 90.2 cm³/mol. The Morgan fingerprint density at radius 1 is 1.09 bits per heavy atom. The number of ether oxygens (including phenoxy) is 1. The molecule has 0 radical (unpaired) electrons. The van der Waals surface area contributed by atoms with E-state index < -0.39 is 16.3 Å². The van der Waals surface area contributed by atoms with Gasteiger partial charge < -0.3 is 4.74 Å². The third kappa shape index (κ3) is 3.63. The Hall–Kier alpha value is -1.69. The van der Waals surface area contributed by atoms with Crippen molar-refractivity contribution in [2.45, 2.75) is 31.9 Å². The summed E-state index contributed by atoms with van der Waals surface area (Å²) in [5, 5.41) is 0. The highest BCUT2D eigenvalue weighted by atomic mass is 32.2. The van der Waals surface area contributed by atoms with Gasteiger partial charge in [0.1, 0.15) is 6.23 Å². The first-order chi connectivity index (χ1) is 11.0. The van der Waals surface area contributed by atoms with Gasteiger partial charge in [-0.3, -0.25) is 0 Å². The molecule has 122 valence electrons. The molecule has 1 fully saturated rings. The maximum atomic E-state index is 12.7. The lowest BCUT2D eigenvalue weighted by atomic mass is 10.1. The number of nitrogens with zero attached hydrogens (tertiary/aromatic N) is 1. The fourth-order valence-electron chi connectivity index (χ4n) is 2.83. The number of aryl methyl sites for hydroxylation is 1. The summed E-state index contributed by atoms with van der Waals surface area (Å²) in [5.74, 6) is 0.00247. The summed E-state index contributed by atoms with van der Waals surface area (Å²) in [7, 11) is -3.41. The summed E-state index contributed by atoms with van der Waals surface area (Å²) in [6, 6.07) is 17.3. The van der Waals surface area contributed by atoms with E-state index in [2.05, 4.69) is 0 Å². The molecule has 0 spiro atoms. The normalized spacial score (nSPS) is 22.3. The van der Waals surface area contributed by atoms with Crippen LogP contribution in [-0.2, 0) is 20.5 Å². The lowest BCUT2D eigenvalue weighted by Gasteiger charge is -2.19. The summed E-state index contributed by atoms with van der Waals surface area (Å²) < 4.78 is 32.8. The van der Waals surface area contributed by atoms with Crippen LogP contribution in [0.25, 0.3) is 0 Å². The number of sulfonamides is 1.